The molecule has 0 saturated heterocycles. The van der Waals surface area contributed by atoms with Crippen LogP contribution in [0.1, 0.15) is 37.2 Å². The Labute approximate surface area is 163 Å². The Bertz CT molecular complexity index is 1070. The minimum Gasteiger partial charge on any atom is -0.465 e. The minimum atomic E-state index is -0.373. The van der Waals surface area contributed by atoms with Gasteiger partial charge in [-0.2, -0.15) is 0 Å². The average Bonchev–Trinajstić information content (AvgIpc) is 3.39. The molecule has 0 N–H and O–H groups in total. The first-order chi connectivity index (χ1) is 13.0. The quantitative estimate of drug-likeness (QED) is 0.555. The Balaban J connectivity index is 1.68. The molecular weight excluding hydrogens is 414 g/mol. The van der Waals surface area contributed by atoms with Crippen molar-refractivity contribution in [3.8, 4) is 0 Å². The van der Waals surface area contributed by atoms with Gasteiger partial charge in [-0.05, 0) is 38.0 Å². The van der Waals surface area contributed by atoms with Crippen LogP contribution in [0.4, 0.5) is 0 Å². The molecule has 27 heavy (non-hydrogen) atoms. The molecule has 3 aromatic rings. The normalized spacial score (nSPS) is 13.9. The van der Waals surface area contributed by atoms with Gasteiger partial charge < -0.3 is 4.74 Å². The molecule has 140 valence electrons. The molecule has 4 rings (SSSR count). The van der Waals surface area contributed by atoms with E-state index in [1.54, 1.807) is 23.8 Å². The van der Waals surface area contributed by atoms with E-state index in [1.807, 2.05) is 12.1 Å². The Hall–Kier alpha value is -2.55. The molecule has 1 aliphatic rings. The predicted octanol–water partition coefficient (Wildman–Crippen LogP) is 2.24. The number of hydrogen-bond donors (Lipinski definition) is 0. The zero-order valence-electron chi connectivity index (χ0n) is 14.8. The maximum absolute atomic E-state index is 13.1. The van der Waals surface area contributed by atoms with Crippen molar-refractivity contribution in [2.24, 2.45) is 0 Å². The van der Waals surface area contributed by atoms with Gasteiger partial charge in [0.15, 0.2) is 0 Å². The highest BCUT2D eigenvalue weighted by Gasteiger charge is 2.29. The second kappa shape index (κ2) is 7.22. The van der Waals surface area contributed by atoms with E-state index in [0.29, 0.717) is 29.1 Å². The summed E-state index contributed by atoms with van der Waals surface area (Å²) in [6.07, 6.45) is 3.72. The molecule has 0 spiro atoms. The first kappa shape index (κ1) is 17.8. The molecule has 2 heterocycles. The van der Waals surface area contributed by atoms with Gasteiger partial charge in [0.1, 0.15) is 18.1 Å². The third kappa shape index (κ3) is 3.78. The van der Waals surface area contributed by atoms with Gasteiger partial charge in [0.25, 0.3) is 5.56 Å². The van der Waals surface area contributed by atoms with Crippen LogP contribution in [0.5, 0.6) is 0 Å². The smallest absolute Gasteiger partial charge is 0.327 e. The second-order valence-corrected chi connectivity index (χ2v) is 7.43. The molecule has 1 saturated carbocycles. The Kier molecular flexibility index (Phi) is 4.77. The third-order valence-electron chi connectivity index (χ3n) is 4.39. The molecule has 2 aromatic heterocycles. The van der Waals surface area contributed by atoms with E-state index in [-0.39, 0.29) is 24.6 Å². The summed E-state index contributed by atoms with van der Waals surface area (Å²) in [6.45, 7) is 2.33. The summed E-state index contributed by atoms with van der Waals surface area (Å²) in [6, 6.07) is 5.53. The maximum atomic E-state index is 13.1. The summed E-state index contributed by atoms with van der Waals surface area (Å²) in [4.78, 5) is 29.4. The van der Waals surface area contributed by atoms with Gasteiger partial charge in [0, 0.05) is 10.4 Å². The number of ether oxygens (including phenoxy) is 1. The molecule has 0 unspecified atom stereocenters. The van der Waals surface area contributed by atoms with Crippen molar-refractivity contribution in [1.29, 1.82) is 0 Å². The van der Waals surface area contributed by atoms with Gasteiger partial charge in [-0.1, -0.05) is 21.1 Å². The topological polar surface area (TPSA) is 91.9 Å². The van der Waals surface area contributed by atoms with Crippen LogP contribution < -0.4 is 5.56 Å². The number of carbonyl (C=O) groups is 1. The molecule has 0 bridgehead atoms. The SMILES string of the molecule is CCOC(=O)Cn1cc(Cn2c(C3CC3)nc3ccc(Br)cc3c2=O)nn1. The number of benzene rings is 1. The van der Waals surface area contributed by atoms with Gasteiger partial charge >= 0.3 is 5.97 Å². The molecule has 9 heteroatoms. The van der Waals surface area contributed by atoms with Crippen molar-refractivity contribution in [2.75, 3.05) is 6.61 Å². The number of fused-ring (bicyclic) bond motifs is 1. The van der Waals surface area contributed by atoms with Gasteiger partial charge in [-0.15, -0.1) is 5.10 Å². The lowest BCUT2D eigenvalue weighted by Gasteiger charge is -2.12. The molecule has 8 nitrogen and oxygen atoms in total. The molecule has 1 aromatic carbocycles. The van der Waals surface area contributed by atoms with Gasteiger partial charge in [0.05, 0.1) is 30.3 Å². The average molecular weight is 432 g/mol. The second-order valence-electron chi connectivity index (χ2n) is 6.51. The van der Waals surface area contributed by atoms with E-state index in [1.165, 1.54) is 4.68 Å². The zero-order valence-corrected chi connectivity index (χ0v) is 16.3. The van der Waals surface area contributed by atoms with Crippen molar-refractivity contribution in [1.82, 2.24) is 24.5 Å². The van der Waals surface area contributed by atoms with Gasteiger partial charge in [-0.3, -0.25) is 14.2 Å². The molecular formula is C18H18BrN5O3. The van der Waals surface area contributed by atoms with E-state index in [2.05, 4.69) is 26.2 Å². The summed E-state index contributed by atoms with van der Waals surface area (Å²) in [5, 5.41) is 8.61. The summed E-state index contributed by atoms with van der Waals surface area (Å²) >= 11 is 3.41. The monoisotopic (exact) mass is 431 g/mol. The fraction of sp³-hybridized carbons (Fsp3) is 0.389. The summed E-state index contributed by atoms with van der Waals surface area (Å²) < 4.78 is 8.84. The maximum Gasteiger partial charge on any atom is 0.327 e. The van der Waals surface area contributed by atoms with Crippen LogP contribution in [0.25, 0.3) is 10.9 Å². The van der Waals surface area contributed by atoms with Gasteiger partial charge in [0.2, 0.25) is 0 Å². The van der Waals surface area contributed by atoms with E-state index >= 15 is 0 Å². The van der Waals surface area contributed by atoms with Crippen LogP contribution >= 0.6 is 15.9 Å². The Morgan fingerprint density at radius 3 is 2.93 bits per heavy atom. The number of hydrogen-bond acceptors (Lipinski definition) is 6. The standard InChI is InChI=1S/C18H18BrN5O3/c1-2-27-16(25)10-23-8-13(21-22-23)9-24-17(11-3-4-11)20-15-6-5-12(19)7-14(15)18(24)26/h5-8,11H,2-4,9-10H2,1H3. The summed E-state index contributed by atoms with van der Waals surface area (Å²) in [5.41, 5.74) is 1.20. The molecule has 1 fully saturated rings. The third-order valence-corrected chi connectivity index (χ3v) is 4.88. The largest absolute Gasteiger partial charge is 0.465 e. The lowest BCUT2D eigenvalue weighted by atomic mass is 10.2. The number of rotatable bonds is 6. The molecule has 0 atom stereocenters. The Morgan fingerprint density at radius 1 is 1.37 bits per heavy atom. The number of nitrogens with zero attached hydrogens (tertiary/aromatic N) is 5. The highest BCUT2D eigenvalue weighted by Crippen LogP contribution is 2.39. The van der Waals surface area contributed by atoms with Crippen molar-refractivity contribution in [3.63, 3.8) is 0 Å². The van der Waals surface area contributed by atoms with Crippen LogP contribution in [0.2, 0.25) is 0 Å². The van der Waals surface area contributed by atoms with Crippen LogP contribution in [0, 0.1) is 0 Å². The lowest BCUT2D eigenvalue weighted by Crippen LogP contribution is -2.26. The van der Waals surface area contributed by atoms with Crippen molar-refractivity contribution in [2.45, 2.75) is 38.8 Å². The fourth-order valence-corrected chi connectivity index (χ4v) is 3.37. The van der Waals surface area contributed by atoms with Crippen LogP contribution in [-0.4, -0.2) is 37.1 Å². The summed E-state index contributed by atoms with van der Waals surface area (Å²) in [5.74, 6) is 0.720. The number of halogens is 1. The van der Waals surface area contributed by atoms with Crippen LogP contribution in [0.15, 0.2) is 33.7 Å². The molecule has 1 aliphatic carbocycles. The molecule has 0 aliphatic heterocycles. The van der Waals surface area contributed by atoms with Crippen LogP contribution in [0.3, 0.4) is 0 Å². The number of carbonyl (C=O) groups excluding carboxylic acids is 1. The van der Waals surface area contributed by atoms with E-state index in [0.717, 1.165) is 23.1 Å². The first-order valence-corrected chi connectivity index (χ1v) is 9.59. The molecule has 0 radical (unpaired) electrons. The first-order valence-electron chi connectivity index (χ1n) is 8.79. The fourth-order valence-electron chi connectivity index (χ4n) is 3.01. The predicted molar refractivity (Wildman–Crippen MR) is 101 cm³/mol. The highest BCUT2D eigenvalue weighted by molar-refractivity contribution is 9.10. The van der Waals surface area contributed by atoms with Crippen molar-refractivity contribution in [3.05, 3.63) is 50.7 Å². The van der Waals surface area contributed by atoms with E-state index in [9.17, 15) is 9.59 Å². The highest BCUT2D eigenvalue weighted by atomic mass is 79.9. The number of aromatic nitrogens is 5. The Morgan fingerprint density at radius 2 is 2.19 bits per heavy atom. The number of esters is 1. The molecule has 0 amide bonds. The van der Waals surface area contributed by atoms with E-state index in [4.69, 9.17) is 9.72 Å². The van der Waals surface area contributed by atoms with Crippen LogP contribution in [-0.2, 0) is 22.6 Å². The minimum absolute atomic E-state index is 0.00582. The van der Waals surface area contributed by atoms with E-state index < -0.39 is 0 Å². The zero-order chi connectivity index (χ0) is 19.0. The van der Waals surface area contributed by atoms with Crippen molar-refractivity contribution >= 4 is 32.8 Å². The lowest BCUT2D eigenvalue weighted by molar-refractivity contribution is -0.144. The summed E-state index contributed by atoms with van der Waals surface area (Å²) in [7, 11) is 0. The van der Waals surface area contributed by atoms with Gasteiger partial charge in [-0.25, -0.2) is 9.67 Å². The van der Waals surface area contributed by atoms with Crippen molar-refractivity contribution < 1.29 is 9.53 Å².